The van der Waals surface area contributed by atoms with Gasteiger partial charge in [-0.3, -0.25) is 0 Å². The average molecular weight is 293 g/mol. The maximum Gasteiger partial charge on any atom is 0.130 e. The van der Waals surface area contributed by atoms with Crippen LogP contribution in [0.1, 0.15) is 25.0 Å². The van der Waals surface area contributed by atoms with Crippen molar-refractivity contribution in [2.75, 3.05) is 12.4 Å². The lowest BCUT2D eigenvalue weighted by atomic mass is 9.99. The number of aryl methyl sites for hydroxylation is 1. The predicted molar refractivity (Wildman–Crippen MR) is 96.8 cm³/mol. The monoisotopic (exact) mass is 293 g/mol. The Bertz CT molecular complexity index is 755. The molecule has 1 aromatic carbocycles. The molecule has 0 bridgehead atoms. The largest absolute Gasteiger partial charge is 0.393 e. The van der Waals surface area contributed by atoms with Crippen LogP contribution >= 0.6 is 0 Å². The molecule has 0 atom stereocenters. The van der Waals surface area contributed by atoms with E-state index in [-0.39, 0.29) is 0 Å². The molecule has 0 aliphatic rings. The molecule has 0 saturated carbocycles. The van der Waals surface area contributed by atoms with E-state index in [0.717, 1.165) is 22.7 Å². The molecule has 0 saturated heterocycles. The number of nitrogens with one attached hydrogen (secondary N) is 2. The highest BCUT2D eigenvalue weighted by atomic mass is 15.0. The minimum Gasteiger partial charge on any atom is -0.393 e. The first-order valence-corrected chi connectivity index (χ1v) is 7.39. The van der Waals surface area contributed by atoms with Crippen LogP contribution in [0.15, 0.2) is 55.0 Å². The first kappa shape index (κ1) is 15.8. The van der Waals surface area contributed by atoms with E-state index in [2.05, 4.69) is 47.3 Å². The van der Waals surface area contributed by atoms with Crippen LogP contribution in [0, 0.1) is 6.92 Å². The summed E-state index contributed by atoms with van der Waals surface area (Å²) in [7, 11) is 1.89. The topological polar surface area (TPSA) is 37.0 Å². The third-order valence-corrected chi connectivity index (χ3v) is 3.66. The number of rotatable bonds is 5. The zero-order valence-corrected chi connectivity index (χ0v) is 13.7. The highest BCUT2D eigenvalue weighted by Crippen LogP contribution is 2.26. The van der Waals surface area contributed by atoms with Crippen molar-refractivity contribution in [3.8, 4) is 0 Å². The van der Waals surface area contributed by atoms with Crippen molar-refractivity contribution in [1.29, 1.82) is 0 Å². The van der Waals surface area contributed by atoms with Gasteiger partial charge in [0.2, 0.25) is 0 Å². The summed E-state index contributed by atoms with van der Waals surface area (Å²) in [5.74, 6) is 0.859. The molecule has 0 unspecified atom stereocenters. The first-order valence-electron chi connectivity index (χ1n) is 7.39. The summed E-state index contributed by atoms with van der Waals surface area (Å²) >= 11 is 0. The van der Waals surface area contributed by atoms with Gasteiger partial charge in [0.1, 0.15) is 5.82 Å². The summed E-state index contributed by atoms with van der Waals surface area (Å²) in [5.41, 5.74) is 4.51. The maximum atomic E-state index is 4.49. The molecule has 2 N–H and O–H groups in total. The summed E-state index contributed by atoms with van der Waals surface area (Å²) in [6, 6.07) is 6.42. The normalized spacial score (nSPS) is 12.4. The number of fused-ring (bicyclic) bond motifs is 1. The second-order valence-corrected chi connectivity index (χ2v) is 5.27. The lowest BCUT2D eigenvalue weighted by Crippen LogP contribution is -1.98. The second kappa shape index (κ2) is 6.94. The summed E-state index contributed by atoms with van der Waals surface area (Å²) in [4.78, 5) is 4.49. The number of aromatic nitrogens is 1. The van der Waals surface area contributed by atoms with Crippen LogP contribution in [0.3, 0.4) is 0 Å². The van der Waals surface area contributed by atoms with Gasteiger partial charge in [-0.2, -0.15) is 0 Å². The van der Waals surface area contributed by atoms with Crippen LogP contribution in [-0.4, -0.2) is 12.0 Å². The molecule has 114 valence electrons. The summed E-state index contributed by atoms with van der Waals surface area (Å²) < 4.78 is 0. The first-order chi connectivity index (χ1) is 10.6. The van der Waals surface area contributed by atoms with Gasteiger partial charge in [0.25, 0.3) is 0 Å². The van der Waals surface area contributed by atoms with Crippen molar-refractivity contribution in [1.82, 2.24) is 10.3 Å². The predicted octanol–water partition coefficient (Wildman–Crippen LogP) is 4.63. The third-order valence-electron chi connectivity index (χ3n) is 3.66. The van der Waals surface area contributed by atoms with E-state index in [1.807, 2.05) is 45.4 Å². The Labute approximate surface area is 132 Å². The van der Waals surface area contributed by atoms with Gasteiger partial charge in [-0.05, 0) is 55.0 Å². The van der Waals surface area contributed by atoms with Crippen molar-refractivity contribution in [3.63, 3.8) is 0 Å². The molecule has 3 nitrogen and oxygen atoms in total. The molecule has 0 radical (unpaired) electrons. The molecule has 0 fully saturated rings. The Balaban J connectivity index is 2.55. The molecule has 0 aliphatic heterocycles. The van der Waals surface area contributed by atoms with Crippen molar-refractivity contribution < 1.29 is 0 Å². The van der Waals surface area contributed by atoms with Crippen molar-refractivity contribution in [3.05, 3.63) is 66.2 Å². The van der Waals surface area contributed by atoms with Crippen LogP contribution < -0.4 is 10.6 Å². The highest BCUT2D eigenvalue weighted by molar-refractivity contribution is 5.91. The van der Waals surface area contributed by atoms with Crippen LogP contribution in [0.2, 0.25) is 0 Å². The van der Waals surface area contributed by atoms with Crippen LogP contribution in [0.25, 0.3) is 16.3 Å². The van der Waals surface area contributed by atoms with Crippen molar-refractivity contribution >= 4 is 22.2 Å². The molecule has 0 spiro atoms. The summed E-state index contributed by atoms with van der Waals surface area (Å²) in [5, 5.41) is 8.69. The van der Waals surface area contributed by atoms with Crippen LogP contribution in [0.4, 0.5) is 5.82 Å². The van der Waals surface area contributed by atoms with Gasteiger partial charge < -0.3 is 10.6 Å². The molecule has 2 aromatic rings. The Morgan fingerprint density at radius 1 is 1.27 bits per heavy atom. The van der Waals surface area contributed by atoms with Crippen molar-refractivity contribution in [2.45, 2.75) is 20.8 Å². The van der Waals surface area contributed by atoms with E-state index in [9.17, 15) is 0 Å². The lowest BCUT2D eigenvalue weighted by Gasteiger charge is -2.11. The van der Waals surface area contributed by atoms with Gasteiger partial charge in [0.05, 0.1) is 0 Å². The molecule has 22 heavy (non-hydrogen) atoms. The van der Waals surface area contributed by atoms with E-state index in [4.69, 9.17) is 0 Å². The van der Waals surface area contributed by atoms with E-state index < -0.39 is 0 Å². The zero-order valence-electron chi connectivity index (χ0n) is 13.7. The number of allylic oxidation sites excluding steroid dienone is 4. The molecular formula is C19H23N3. The molecule has 0 amide bonds. The maximum absolute atomic E-state index is 4.49. The number of anilines is 1. The van der Waals surface area contributed by atoms with Gasteiger partial charge in [-0.15, -0.1) is 0 Å². The fourth-order valence-electron chi connectivity index (χ4n) is 2.36. The van der Waals surface area contributed by atoms with Crippen molar-refractivity contribution in [2.24, 2.45) is 0 Å². The number of hydrogen-bond donors (Lipinski definition) is 2. The van der Waals surface area contributed by atoms with Gasteiger partial charge >= 0.3 is 0 Å². The Morgan fingerprint density at radius 3 is 2.68 bits per heavy atom. The number of nitrogens with zero attached hydrogens (tertiary/aromatic N) is 1. The van der Waals surface area contributed by atoms with Crippen LogP contribution in [0.5, 0.6) is 0 Å². The highest BCUT2D eigenvalue weighted by Gasteiger charge is 2.05. The minimum atomic E-state index is 0.859. The Hall–Kier alpha value is -2.55. The number of benzene rings is 1. The van der Waals surface area contributed by atoms with Gasteiger partial charge in [0.15, 0.2) is 0 Å². The molecule has 2 rings (SSSR count). The third kappa shape index (κ3) is 3.37. The summed E-state index contributed by atoms with van der Waals surface area (Å²) in [6.07, 6.45) is 7.77. The van der Waals surface area contributed by atoms with Crippen LogP contribution in [-0.2, 0) is 0 Å². The van der Waals surface area contributed by atoms with E-state index in [0.29, 0.717) is 0 Å². The van der Waals surface area contributed by atoms with E-state index >= 15 is 0 Å². The molecule has 1 heterocycles. The minimum absolute atomic E-state index is 0.859. The quantitative estimate of drug-likeness (QED) is 0.789. The SMILES string of the molecule is C=C/C(=C\NC)c1cc(C)c2cnc(N/C(C)=C\C)cc2c1. The molecule has 0 aliphatic carbocycles. The fraction of sp³-hybridized carbons (Fsp3) is 0.211. The smallest absolute Gasteiger partial charge is 0.130 e. The lowest BCUT2D eigenvalue weighted by molar-refractivity contribution is 1.11. The average Bonchev–Trinajstić information content (AvgIpc) is 2.52. The van der Waals surface area contributed by atoms with E-state index in [1.54, 1.807) is 0 Å². The fourth-order valence-corrected chi connectivity index (χ4v) is 2.36. The van der Waals surface area contributed by atoms with Gasteiger partial charge in [0, 0.05) is 30.5 Å². The molecule has 1 aromatic heterocycles. The second-order valence-electron chi connectivity index (χ2n) is 5.27. The van der Waals surface area contributed by atoms with Gasteiger partial charge in [-0.25, -0.2) is 4.98 Å². The Morgan fingerprint density at radius 2 is 2.05 bits per heavy atom. The van der Waals surface area contributed by atoms with E-state index in [1.165, 1.54) is 16.3 Å². The zero-order chi connectivity index (χ0) is 16.1. The summed E-state index contributed by atoms with van der Waals surface area (Å²) in [6.45, 7) is 10.0. The number of hydrogen-bond acceptors (Lipinski definition) is 3. The standard InChI is InChI=1S/C19H23N3/c1-6-14(4)22-19-10-17-9-16(15(7-2)11-20-5)8-13(3)18(17)12-21-19/h6-12,20H,2H2,1,3-5H3,(H,21,22)/b14-6-,15-11+. The number of pyridine rings is 1. The molecular weight excluding hydrogens is 270 g/mol. The molecule has 3 heteroatoms. The Kier molecular flexibility index (Phi) is 4.99. The van der Waals surface area contributed by atoms with Gasteiger partial charge in [-0.1, -0.05) is 24.8 Å².